The van der Waals surface area contributed by atoms with Crippen molar-refractivity contribution in [3.8, 4) is 0 Å². The molecule has 0 unspecified atom stereocenters. The second-order valence-electron chi connectivity index (χ2n) is 7.00. The van der Waals surface area contributed by atoms with Gasteiger partial charge in [-0.25, -0.2) is 0 Å². The van der Waals surface area contributed by atoms with Gasteiger partial charge in [0.2, 0.25) is 0 Å². The molecule has 2 nitrogen and oxygen atoms in total. The summed E-state index contributed by atoms with van der Waals surface area (Å²) in [6.45, 7) is 0. The first-order chi connectivity index (χ1) is 10.5. The number of anilines is 1. The van der Waals surface area contributed by atoms with Crippen LogP contribution in [0.15, 0.2) is 29.4 Å². The highest BCUT2D eigenvalue weighted by molar-refractivity contribution is 5.91. The molecule has 0 spiro atoms. The molecule has 0 atom stereocenters. The van der Waals surface area contributed by atoms with Crippen LogP contribution in [-0.2, 0) is 6.18 Å². The molecular weight excluding hydrogens is 289 g/mol. The molecule has 4 saturated carbocycles. The molecule has 0 saturated heterocycles. The maximum Gasteiger partial charge on any atom is 0.418 e. The van der Waals surface area contributed by atoms with Crippen molar-refractivity contribution in [2.24, 2.45) is 28.8 Å². The number of para-hydroxylation sites is 1. The van der Waals surface area contributed by atoms with Crippen LogP contribution >= 0.6 is 0 Å². The highest BCUT2D eigenvalue weighted by atomic mass is 19.4. The zero-order chi connectivity index (χ0) is 15.3. The Morgan fingerprint density at radius 1 is 0.909 bits per heavy atom. The van der Waals surface area contributed by atoms with Crippen LogP contribution in [0.25, 0.3) is 0 Å². The summed E-state index contributed by atoms with van der Waals surface area (Å²) >= 11 is 0. The summed E-state index contributed by atoms with van der Waals surface area (Å²) in [6.07, 6.45) is 1.70. The fraction of sp³-hybridized carbons (Fsp3) is 0.588. The summed E-state index contributed by atoms with van der Waals surface area (Å²) < 4.78 is 39.0. The lowest BCUT2D eigenvalue weighted by Crippen LogP contribution is -2.45. The van der Waals surface area contributed by atoms with E-state index in [-0.39, 0.29) is 5.69 Å². The van der Waals surface area contributed by atoms with Crippen LogP contribution in [-0.4, -0.2) is 5.71 Å². The first-order valence-corrected chi connectivity index (χ1v) is 8.00. The number of alkyl halides is 3. The normalized spacial score (nSPS) is 33.1. The van der Waals surface area contributed by atoms with E-state index >= 15 is 0 Å². The Labute approximate surface area is 127 Å². The van der Waals surface area contributed by atoms with Crippen molar-refractivity contribution in [2.75, 3.05) is 5.43 Å². The maximum atomic E-state index is 13.0. The van der Waals surface area contributed by atoms with E-state index in [1.165, 1.54) is 44.2 Å². The van der Waals surface area contributed by atoms with Crippen molar-refractivity contribution in [1.82, 2.24) is 0 Å². The monoisotopic (exact) mass is 308 g/mol. The van der Waals surface area contributed by atoms with Crippen LogP contribution in [0.3, 0.4) is 0 Å². The summed E-state index contributed by atoms with van der Waals surface area (Å²) in [5.74, 6) is 2.62. The van der Waals surface area contributed by atoms with Crippen LogP contribution in [0.2, 0.25) is 0 Å². The minimum atomic E-state index is -4.35. The first kappa shape index (κ1) is 14.1. The maximum absolute atomic E-state index is 13.0. The molecule has 5 heteroatoms. The summed E-state index contributed by atoms with van der Waals surface area (Å²) in [4.78, 5) is 0. The fourth-order valence-electron chi connectivity index (χ4n) is 4.80. The third-order valence-electron chi connectivity index (χ3n) is 5.51. The van der Waals surface area contributed by atoms with Gasteiger partial charge in [0.15, 0.2) is 0 Å². The molecule has 4 bridgehead atoms. The Hall–Kier alpha value is -1.52. The lowest BCUT2D eigenvalue weighted by molar-refractivity contribution is -0.136. The van der Waals surface area contributed by atoms with E-state index in [1.807, 2.05) is 0 Å². The van der Waals surface area contributed by atoms with E-state index in [9.17, 15) is 13.2 Å². The van der Waals surface area contributed by atoms with Gasteiger partial charge in [0, 0.05) is 5.71 Å². The molecule has 22 heavy (non-hydrogen) atoms. The molecule has 0 heterocycles. The molecule has 4 fully saturated rings. The molecule has 5 rings (SSSR count). The number of nitrogens with one attached hydrogen (secondary N) is 1. The number of hydrazone groups is 1. The van der Waals surface area contributed by atoms with Gasteiger partial charge in [-0.05, 0) is 67.9 Å². The molecule has 1 aromatic carbocycles. The third-order valence-corrected chi connectivity index (χ3v) is 5.51. The summed E-state index contributed by atoms with van der Waals surface area (Å²) in [6, 6.07) is 5.56. The van der Waals surface area contributed by atoms with Crippen molar-refractivity contribution >= 4 is 11.4 Å². The van der Waals surface area contributed by atoms with Gasteiger partial charge in [0.05, 0.1) is 11.3 Å². The van der Waals surface area contributed by atoms with E-state index in [0.717, 1.165) is 23.6 Å². The zero-order valence-corrected chi connectivity index (χ0v) is 12.2. The average molecular weight is 308 g/mol. The molecule has 4 aliphatic carbocycles. The number of hydrogen-bond acceptors (Lipinski definition) is 2. The minimum absolute atomic E-state index is 0.0521. The van der Waals surface area contributed by atoms with E-state index < -0.39 is 11.7 Å². The lowest BCUT2D eigenvalue weighted by atomic mass is 9.55. The van der Waals surface area contributed by atoms with Gasteiger partial charge >= 0.3 is 6.18 Å². The van der Waals surface area contributed by atoms with Crippen LogP contribution in [0.5, 0.6) is 0 Å². The first-order valence-electron chi connectivity index (χ1n) is 8.00. The minimum Gasteiger partial charge on any atom is -0.278 e. The van der Waals surface area contributed by atoms with E-state index in [2.05, 4.69) is 10.5 Å². The van der Waals surface area contributed by atoms with Gasteiger partial charge in [-0.3, -0.25) is 5.43 Å². The van der Waals surface area contributed by atoms with E-state index in [1.54, 1.807) is 6.07 Å². The molecule has 1 N–H and O–H groups in total. The molecule has 0 radical (unpaired) electrons. The van der Waals surface area contributed by atoms with Crippen molar-refractivity contribution in [1.29, 1.82) is 0 Å². The Kier molecular flexibility index (Phi) is 3.20. The highest BCUT2D eigenvalue weighted by Crippen LogP contribution is 2.52. The molecular formula is C17H19F3N2. The van der Waals surface area contributed by atoms with Crippen molar-refractivity contribution in [3.05, 3.63) is 29.8 Å². The van der Waals surface area contributed by atoms with Gasteiger partial charge in [0.25, 0.3) is 0 Å². The summed E-state index contributed by atoms with van der Waals surface area (Å²) in [5, 5.41) is 4.43. The molecule has 0 aromatic heterocycles. The van der Waals surface area contributed by atoms with Gasteiger partial charge in [0.1, 0.15) is 0 Å². The number of nitrogens with zero attached hydrogens (tertiary/aromatic N) is 1. The quantitative estimate of drug-likeness (QED) is 0.770. The highest BCUT2D eigenvalue weighted by Gasteiger charge is 2.46. The summed E-state index contributed by atoms with van der Waals surface area (Å²) in [5.41, 5.74) is 3.23. The topological polar surface area (TPSA) is 24.4 Å². The lowest BCUT2D eigenvalue weighted by Gasteiger charge is -2.50. The largest absolute Gasteiger partial charge is 0.418 e. The summed E-state index contributed by atoms with van der Waals surface area (Å²) in [7, 11) is 0. The predicted molar refractivity (Wildman–Crippen MR) is 79.5 cm³/mol. The number of rotatable bonds is 2. The Morgan fingerprint density at radius 3 is 2.09 bits per heavy atom. The number of benzene rings is 1. The smallest absolute Gasteiger partial charge is 0.278 e. The van der Waals surface area contributed by atoms with Crippen molar-refractivity contribution in [2.45, 2.75) is 38.3 Å². The van der Waals surface area contributed by atoms with Gasteiger partial charge < -0.3 is 0 Å². The molecule has 0 amide bonds. The number of hydrogen-bond donors (Lipinski definition) is 1. The number of halogens is 3. The van der Waals surface area contributed by atoms with Gasteiger partial charge in [-0.2, -0.15) is 18.3 Å². The van der Waals surface area contributed by atoms with Crippen LogP contribution in [0.1, 0.15) is 37.7 Å². The Morgan fingerprint density at radius 2 is 1.50 bits per heavy atom. The molecule has 4 aliphatic rings. The van der Waals surface area contributed by atoms with Crippen molar-refractivity contribution in [3.63, 3.8) is 0 Å². The SMILES string of the molecule is FC(F)(F)c1ccccc1NN=C1C2CC3CC(C2)CC1C3. The fourth-order valence-corrected chi connectivity index (χ4v) is 4.80. The second kappa shape index (κ2) is 5.00. The average Bonchev–Trinajstić information content (AvgIpc) is 2.45. The van der Waals surface area contributed by atoms with Crippen LogP contribution in [0, 0.1) is 23.7 Å². The second-order valence-corrected chi connectivity index (χ2v) is 7.00. The van der Waals surface area contributed by atoms with Crippen molar-refractivity contribution < 1.29 is 13.2 Å². The zero-order valence-electron chi connectivity index (χ0n) is 12.2. The van der Waals surface area contributed by atoms with Crippen LogP contribution < -0.4 is 5.43 Å². The third kappa shape index (κ3) is 2.40. The standard InChI is InChI=1S/C17H19F3N2/c18-17(19,20)14-3-1-2-4-15(14)21-22-16-12-6-10-5-11(8-12)9-13(16)7-10/h1-4,10-13,21H,5-9H2. The van der Waals surface area contributed by atoms with E-state index in [0.29, 0.717) is 11.8 Å². The Bertz CT molecular complexity index is 576. The predicted octanol–water partition coefficient (Wildman–Crippen LogP) is 4.93. The molecule has 1 aromatic rings. The van der Waals surface area contributed by atoms with Gasteiger partial charge in [-0.1, -0.05) is 12.1 Å². The van der Waals surface area contributed by atoms with E-state index in [4.69, 9.17) is 0 Å². The molecule has 118 valence electrons. The Balaban J connectivity index is 1.58. The van der Waals surface area contributed by atoms with Gasteiger partial charge in [-0.15, -0.1) is 0 Å². The van der Waals surface area contributed by atoms with Crippen LogP contribution in [0.4, 0.5) is 18.9 Å². The molecule has 0 aliphatic heterocycles.